The summed E-state index contributed by atoms with van der Waals surface area (Å²) in [6.07, 6.45) is 1.83. The molecule has 0 saturated carbocycles. The number of benzene rings is 1. The molecule has 4 heteroatoms. The van der Waals surface area contributed by atoms with Crippen LogP contribution in [0.3, 0.4) is 0 Å². The summed E-state index contributed by atoms with van der Waals surface area (Å²) >= 11 is 12.0. The van der Waals surface area contributed by atoms with Gasteiger partial charge in [-0.2, -0.15) is 0 Å². The molecule has 0 saturated heterocycles. The Balaban J connectivity index is 2.89. The highest BCUT2D eigenvalue weighted by molar-refractivity contribution is 6.35. The molecule has 0 aromatic heterocycles. The van der Waals surface area contributed by atoms with Crippen molar-refractivity contribution >= 4 is 23.2 Å². The van der Waals surface area contributed by atoms with Crippen LogP contribution < -0.4 is 10.1 Å². The Labute approximate surface area is 106 Å². The summed E-state index contributed by atoms with van der Waals surface area (Å²) < 4.78 is 5.24. The Morgan fingerprint density at radius 3 is 2.75 bits per heavy atom. The van der Waals surface area contributed by atoms with Crippen molar-refractivity contribution in [3.63, 3.8) is 0 Å². The van der Waals surface area contributed by atoms with E-state index >= 15 is 0 Å². The van der Waals surface area contributed by atoms with Crippen LogP contribution in [0.2, 0.25) is 10.0 Å². The standard InChI is InChI=1S/C12H15Cl2NO/c1-4-8(2)15-7-9-5-10(13)6-11(14)12(9)16-3/h4-6,8,15H,1,7H2,2-3H3. The molecule has 0 aliphatic rings. The number of rotatable bonds is 5. The zero-order valence-electron chi connectivity index (χ0n) is 9.39. The molecule has 1 unspecified atom stereocenters. The lowest BCUT2D eigenvalue weighted by atomic mass is 10.2. The van der Waals surface area contributed by atoms with Gasteiger partial charge < -0.3 is 10.1 Å². The van der Waals surface area contributed by atoms with Crippen LogP contribution >= 0.6 is 23.2 Å². The van der Waals surface area contributed by atoms with Gasteiger partial charge in [0.15, 0.2) is 0 Å². The van der Waals surface area contributed by atoms with Crippen LogP contribution in [0.15, 0.2) is 24.8 Å². The van der Waals surface area contributed by atoms with Crippen LogP contribution in [-0.4, -0.2) is 13.2 Å². The van der Waals surface area contributed by atoms with Crippen LogP contribution in [0, 0.1) is 0 Å². The van der Waals surface area contributed by atoms with Crippen LogP contribution in [0.5, 0.6) is 5.75 Å². The van der Waals surface area contributed by atoms with Crippen molar-refractivity contribution in [3.05, 3.63) is 40.4 Å². The summed E-state index contributed by atoms with van der Waals surface area (Å²) in [6.45, 7) is 6.36. The van der Waals surface area contributed by atoms with Gasteiger partial charge in [-0.1, -0.05) is 29.3 Å². The minimum atomic E-state index is 0.225. The van der Waals surface area contributed by atoms with E-state index in [2.05, 4.69) is 11.9 Å². The van der Waals surface area contributed by atoms with Gasteiger partial charge in [0.05, 0.1) is 12.1 Å². The summed E-state index contributed by atoms with van der Waals surface area (Å²) in [5, 5.41) is 4.39. The minimum Gasteiger partial charge on any atom is -0.495 e. The van der Waals surface area contributed by atoms with E-state index in [0.717, 1.165) is 5.56 Å². The van der Waals surface area contributed by atoms with Gasteiger partial charge in [-0.25, -0.2) is 0 Å². The van der Waals surface area contributed by atoms with Crippen molar-refractivity contribution in [2.75, 3.05) is 7.11 Å². The third kappa shape index (κ3) is 3.41. The van der Waals surface area contributed by atoms with Crippen molar-refractivity contribution in [1.29, 1.82) is 0 Å². The first-order chi connectivity index (χ1) is 7.58. The highest BCUT2D eigenvalue weighted by Gasteiger charge is 2.09. The summed E-state index contributed by atoms with van der Waals surface area (Å²) in [4.78, 5) is 0. The van der Waals surface area contributed by atoms with Gasteiger partial charge in [0.1, 0.15) is 5.75 Å². The van der Waals surface area contributed by atoms with Gasteiger partial charge in [-0.3, -0.25) is 0 Å². The van der Waals surface area contributed by atoms with Crippen molar-refractivity contribution in [1.82, 2.24) is 5.32 Å². The fourth-order valence-electron chi connectivity index (χ4n) is 1.33. The van der Waals surface area contributed by atoms with Crippen molar-refractivity contribution in [2.45, 2.75) is 19.5 Å². The monoisotopic (exact) mass is 259 g/mol. The molecule has 0 spiro atoms. The molecule has 0 amide bonds. The summed E-state index contributed by atoms with van der Waals surface area (Å²) in [5.41, 5.74) is 0.939. The molecule has 1 N–H and O–H groups in total. The minimum absolute atomic E-state index is 0.225. The number of methoxy groups -OCH3 is 1. The molecular formula is C12H15Cl2NO. The second-order valence-electron chi connectivity index (χ2n) is 3.49. The van der Waals surface area contributed by atoms with E-state index < -0.39 is 0 Å². The van der Waals surface area contributed by atoms with Gasteiger partial charge >= 0.3 is 0 Å². The van der Waals surface area contributed by atoms with E-state index in [1.807, 2.05) is 19.1 Å². The molecule has 0 heterocycles. The van der Waals surface area contributed by atoms with Crippen LogP contribution in [0.1, 0.15) is 12.5 Å². The molecule has 0 bridgehead atoms. The number of halogens is 2. The Morgan fingerprint density at radius 1 is 1.50 bits per heavy atom. The topological polar surface area (TPSA) is 21.3 Å². The maximum absolute atomic E-state index is 6.03. The van der Waals surface area contributed by atoms with Gasteiger partial charge in [0.2, 0.25) is 0 Å². The first-order valence-electron chi connectivity index (χ1n) is 4.96. The average molecular weight is 260 g/mol. The lowest BCUT2D eigenvalue weighted by Gasteiger charge is -2.13. The highest BCUT2D eigenvalue weighted by Crippen LogP contribution is 2.32. The third-order valence-electron chi connectivity index (χ3n) is 2.26. The Bertz CT molecular complexity index is 380. The van der Waals surface area contributed by atoms with E-state index in [1.165, 1.54) is 0 Å². The molecule has 1 atom stereocenters. The fraction of sp³-hybridized carbons (Fsp3) is 0.333. The number of hydrogen-bond donors (Lipinski definition) is 1. The summed E-state index contributed by atoms with van der Waals surface area (Å²) in [6, 6.07) is 3.74. The average Bonchev–Trinajstić information content (AvgIpc) is 2.25. The van der Waals surface area contributed by atoms with E-state index in [0.29, 0.717) is 22.3 Å². The highest BCUT2D eigenvalue weighted by atomic mass is 35.5. The molecule has 0 aliphatic heterocycles. The molecule has 2 nitrogen and oxygen atoms in total. The van der Waals surface area contributed by atoms with E-state index in [1.54, 1.807) is 13.2 Å². The zero-order chi connectivity index (χ0) is 12.1. The van der Waals surface area contributed by atoms with E-state index in [9.17, 15) is 0 Å². The smallest absolute Gasteiger partial charge is 0.142 e. The van der Waals surface area contributed by atoms with Crippen molar-refractivity contribution in [3.8, 4) is 5.75 Å². The van der Waals surface area contributed by atoms with E-state index in [4.69, 9.17) is 27.9 Å². The SMILES string of the molecule is C=CC(C)NCc1cc(Cl)cc(Cl)c1OC. The van der Waals surface area contributed by atoms with Gasteiger partial charge in [-0.05, 0) is 19.1 Å². The molecule has 88 valence electrons. The predicted octanol–water partition coefficient (Wildman–Crippen LogP) is 3.67. The number of nitrogens with one attached hydrogen (secondary N) is 1. The van der Waals surface area contributed by atoms with Crippen LogP contribution in [0.25, 0.3) is 0 Å². The normalized spacial score (nSPS) is 12.2. The number of hydrogen-bond acceptors (Lipinski definition) is 2. The van der Waals surface area contributed by atoms with E-state index in [-0.39, 0.29) is 6.04 Å². The first kappa shape index (κ1) is 13.4. The molecule has 16 heavy (non-hydrogen) atoms. The largest absolute Gasteiger partial charge is 0.495 e. The zero-order valence-corrected chi connectivity index (χ0v) is 10.9. The molecule has 0 radical (unpaired) electrons. The lowest BCUT2D eigenvalue weighted by molar-refractivity contribution is 0.407. The fourth-order valence-corrected chi connectivity index (χ4v) is 1.94. The molecule has 0 aliphatic carbocycles. The maximum atomic E-state index is 6.03. The predicted molar refractivity (Wildman–Crippen MR) is 69.5 cm³/mol. The molecule has 1 rings (SSSR count). The van der Waals surface area contributed by atoms with Gasteiger partial charge in [-0.15, -0.1) is 6.58 Å². The molecule has 1 aromatic carbocycles. The summed E-state index contributed by atoms with van der Waals surface area (Å²) in [5.74, 6) is 0.662. The maximum Gasteiger partial charge on any atom is 0.142 e. The molecule has 1 aromatic rings. The van der Waals surface area contributed by atoms with Gasteiger partial charge in [0.25, 0.3) is 0 Å². The molecular weight excluding hydrogens is 245 g/mol. The van der Waals surface area contributed by atoms with Crippen molar-refractivity contribution in [2.24, 2.45) is 0 Å². The molecule has 0 fully saturated rings. The Hall–Kier alpha value is -0.700. The van der Waals surface area contributed by atoms with Gasteiger partial charge in [0, 0.05) is 23.2 Å². The first-order valence-corrected chi connectivity index (χ1v) is 5.72. The second kappa shape index (κ2) is 6.14. The lowest BCUT2D eigenvalue weighted by Crippen LogP contribution is -2.23. The van der Waals surface area contributed by atoms with Crippen LogP contribution in [-0.2, 0) is 6.54 Å². The van der Waals surface area contributed by atoms with Crippen LogP contribution in [0.4, 0.5) is 0 Å². The Morgan fingerprint density at radius 2 is 2.19 bits per heavy atom. The number of ether oxygens (including phenoxy) is 1. The van der Waals surface area contributed by atoms with Crippen molar-refractivity contribution < 1.29 is 4.74 Å². The summed E-state index contributed by atoms with van der Waals surface area (Å²) in [7, 11) is 1.59. The Kier molecular flexibility index (Phi) is 5.13. The second-order valence-corrected chi connectivity index (χ2v) is 4.33. The quantitative estimate of drug-likeness (QED) is 0.815. The third-order valence-corrected chi connectivity index (χ3v) is 2.76.